The summed E-state index contributed by atoms with van der Waals surface area (Å²) < 4.78 is 1.86. The van der Waals surface area contributed by atoms with E-state index in [1.54, 1.807) is 19.4 Å². The van der Waals surface area contributed by atoms with E-state index in [2.05, 4.69) is 9.97 Å². The summed E-state index contributed by atoms with van der Waals surface area (Å²) in [5.41, 5.74) is 1.45. The van der Waals surface area contributed by atoms with E-state index in [1.807, 2.05) is 22.2 Å². The van der Waals surface area contributed by atoms with Crippen molar-refractivity contribution in [3.63, 3.8) is 0 Å². The van der Waals surface area contributed by atoms with E-state index in [-0.39, 0.29) is 18.0 Å². The number of aromatic carboxylic acids is 1. The number of rotatable bonds is 3. The van der Waals surface area contributed by atoms with Crippen LogP contribution in [-0.2, 0) is 0 Å². The smallest absolute Gasteiger partial charge is 0.341 e. The summed E-state index contributed by atoms with van der Waals surface area (Å²) in [4.78, 5) is 30.1. The number of pyridine rings is 1. The van der Waals surface area contributed by atoms with Crippen LogP contribution < -0.4 is 5.56 Å². The zero-order valence-corrected chi connectivity index (χ0v) is 13.1. The number of aryl methyl sites for hydroxylation is 1. The second-order valence-corrected chi connectivity index (χ2v) is 5.41. The number of H-pyrrole nitrogens is 1. The molecule has 22 heavy (non-hydrogen) atoms. The fourth-order valence-corrected chi connectivity index (χ4v) is 3.02. The molecule has 0 spiro atoms. The van der Waals surface area contributed by atoms with Gasteiger partial charge in [0.05, 0.1) is 12.0 Å². The van der Waals surface area contributed by atoms with E-state index in [1.165, 1.54) is 17.4 Å². The second kappa shape index (κ2) is 6.17. The van der Waals surface area contributed by atoms with Crippen LogP contribution in [0.15, 0.2) is 41.0 Å². The van der Waals surface area contributed by atoms with Gasteiger partial charge in [-0.2, -0.15) is 0 Å². The van der Waals surface area contributed by atoms with Gasteiger partial charge in [0.15, 0.2) is 0 Å². The monoisotopic (exact) mass is 337 g/mol. The number of thiophene rings is 1. The van der Waals surface area contributed by atoms with E-state index in [0.717, 1.165) is 10.6 Å². The van der Waals surface area contributed by atoms with Gasteiger partial charge in [0.25, 0.3) is 5.56 Å². The molecule has 0 saturated carbocycles. The van der Waals surface area contributed by atoms with Crippen LogP contribution in [0.5, 0.6) is 0 Å². The molecule has 0 radical (unpaired) electrons. The van der Waals surface area contributed by atoms with Gasteiger partial charge in [0.2, 0.25) is 0 Å². The zero-order chi connectivity index (χ0) is 15.0. The number of nitrogens with zero attached hydrogens (tertiary/aromatic N) is 2. The van der Waals surface area contributed by atoms with Crippen molar-refractivity contribution in [2.45, 2.75) is 6.92 Å². The molecule has 0 aliphatic carbocycles. The summed E-state index contributed by atoms with van der Waals surface area (Å²) in [5.74, 6) is -1.23. The van der Waals surface area contributed by atoms with Crippen molar-refractivity contribution in [2.24, 2.45) is 0 Å². The maximum atomic E-state index is 11.6. The largest absolute Gasteiger partial charge is 0.477 e. The van der Waals surface area contributed by atoms with E-state index in [0.29, 0.717) is 11.3 Å². The van der Waals surface area contributed by atoms with Gasteiger partial charge in [0, 0.05) is 33.9 Å². The van der Waals surface area contributed by atoms with Crippen molar-refractivity contribution < 1.29 is 9.90 Å². The number of aromatic nitrogens is 3. The molecule has 0 unspecified atom stereocenters. The third-order valence-corrected chi connectivity index (χ3v) is 4.07. The SMILES string of the molecule is Cc1[nH]c(=O)c(C(=O)O)cc1-c1cc(-n2ccnc2)cs1.Cl. The molecule has 114 valence electrons. The van der Waals surface area contributed by atoms with Gasteiger partial charge in [-0.05, 0) is 19.1 Å². The summed E-state index contributed by atoms with van der Waals surface area (Å²) in [5, 5.41) is 11.0. The van der Waals surface area contributed by atoms with Gasteiger partial charge in [0.1, 0.15) is 5.56 Å². The zero-order valence-electron chi connectivity index (χ0n) is 11.4. The Kier molecular flexibility index (Phi) is 4.48. The summed E-state index contributed by atoms with van der Waals surface area (Å²) in [6, 6.07) is 3.35. The lowest BCUT2D eigenvalue weighted by atomic mass is 10.1. The normalized spacial score (nSPS) is 10.2. The molecule has 3 rings (SSSR count). The third-order valence-electron chi connectivity index (χ3n) is 3.12. The third kappa shape index (κ3) is 2.81. The molecule has 3 aromatic rings. The first kappa shape index (κ1) is 16.0. The maximum Gasteiger partial charge on any atom is 0.341 e. The van der Waals surface area contributed by atoms with E-state index >= 15 is 0 Å². The molecule has 0 amide bonds. The topological polar surface area (TPSA) is 88.0 Å². The molecule has 3 aromatic heterocycles. The van der Waals surface area contributed by atoms with Crippen LogP contribution in [0.2, 0.25) is 0 Å². The lowest BCUT2D eigenvalue weighted by Gasteiger charge is -2.04. The number of nitrogens with one attached hydrogen (secondary N) is 1. The standard InChI is InChI=1S/C14H11N3O3S.ClH/c1-8-10(5-11(14(19)20)13(18)16-8)12-4-9(6-21-12)17-3-2-15-7-17;/h2-7H,1H3,(H,16,18)(H,19,20);1H. The Morgan fingerprint density at radius 3 is 2.82 bits per heavy atom. The van der Waals surface area contributed by atoms with Crippen molar-refractivity contribution in [3.8, 4) is 16.1 Å². The van der Waals surface area contributed by atoms with Crippen molar-refractivity contribution in [3.05, 3.63) is 57.8 Å². The number of carboxylic acids is 1. The van der Waals surface area contributed by atoms with E-state index in [9.17, 15) is 9.59 Å². The van der Waals surface area contributed by atoms with Crippen LogP contribution in [0.4, 0.5) is 0 Å². The quantitative estimate of drug-likeness (QED) is 0.769. The molecular weight excluding hydrogens is 326 g/mol. The Balaban J connectivity index is 0.00000176. The van der Waals surface area contributed by atoms with E-state index < -0.39 is 11.5 Å². The summed E-state index contributed by atoms with van der Waals surface area (Å²) >= 11 is 1.48. The van der Waals surface area contributed by atoms with Crippen molar-refractivity contribution >= 4 is 29.7 Å². The Bertz CT molecular complexity index is 868. The molecule has 0 bridgehead atoms. The molecule has 0 atom stereocenters. The Labute approximate surface area is 135 Å². The average Bonchev–Trinajstić information content (AvgIpc) is 3.09. The van der Waals surface area contributed by atoms with Crippen molar-refractivity contribution in [1.29, 1.82) is 0 Å². The van der Waals surface area contributed by atoms with Gasteiger partial charge in [-0.3, -0.25) is 4.79 Å². The molecule has 0 aliphatic heterocycles. The minimum atomic E-state index is -1.23. The van der Waals surface area contributed by atoms with Gasteiger partial charge >= 0.3 is 5.97 Å². The molecule has 0 aromatic carbocycles. The lowest BCUT2D eigenvalue weighted by Crippen LogP contribution is -2.18. The van der Waals surface area contributed by atoms with Crippen LogP contribution in [0.3, 0.4) is 0 Å². The fourth-order valence-electron chi connectivity index (χ4n) is 2.05. The lowest BCUT2D eigenvalue weighted by molar-refractivity contribution is 0.0695. The van der Waals surface area contributed by atoms with Crippen LogP contribution >= 0.6 is 23.7 Å². The van der Waals surface area contributed by atoms with Crippen molar-refractivity contribution in [2.75, 3.05) is 0 Å². The highest BCUT2D eigenvalue weighted by Gasteiger charge is 2.14. The fraction of sp³-hybridized carbons (Fsp3) is 0.0714. The molecule has 8 heteroatoms. The molecular formula is C14H12ClN3O3S. The first-order valence-corrected chi connectivity index (χ1v) is 6.98. The number of carboxylic acid groups (broad SMARTS) is 1. The highest BCUT2D eigenvalue weighted by molar-refractivity contribution is 7.13. The number of aromatic amines is 1. The number of imidazole rings is 1. The van der Waals surface area contributed by atoms with Crippen LogP contribution in [0, 0.1) is 6.92 Å². The Morgan fingerprint density at radius 1 is 1.41 bits per heavy atom. The number of hydrogen-bond acceptors (Lipinski definition) is 4. The number of carbonyl (C=O) groups is 1. The van der Waals surface area contributed by atoms with Crippen molar-refractivity contribution in [1.82, 2.24) is 14.5 Å². The molecule has 0 saturated heterocycles. The highest BCUT2D eigenvalue weighted by Crippen LogP contribution is 2.30. The first-order valence-electron chi connectivity index (χ1n) is 6.10. The predicted molar refractivity (Wildman–Crippen MR) is 86.4 cm³/mol. The molecule has 0 aliphatic rings. The minimum Gasteiger partial charge on any atom is -0.477 e. The van der Waals surface area contributed by atoms with Gasteiger partial charge < -0.3 is 14.7 Å². The number of halogens is 1. The Hall–Kier alpha value is -2.38. The Morgan fingerprint density at radius 2 is 2.18 bits per heavy atom. The van der Waals surface area contributed by atoms with E-state index in [4.69, 9.17) is 5.11 Å². The average molecular weight is 338 g/mol. The summed E-state index contributed by atoms with van der Waals surface area (Å²) in [7, 11) is 0. The maximum absolute atomic E-state index is 11.6. The van der Waals surface area contributed by atoms with Gasteiger partial charge in [-0.1, -0.05) is 0 Å². The second-order valence-electron chi connectivity index (χ2n) is 4.50. The van der Waals surface area contributed by atoms with Crippen LogP contribution in [0.1, 0.15) is 16.1 Å². The first-order chi connectivity index (χ1) is 10.1. The summed E-state index contributed by atoms with van der Waals surface area (Å²) in [6.45, 7) is 1.75. The molecule has 6 nitrogen and oxygen atoms in total. The number of hydrogen-bond donors (Lipinski definition) is 2. The van der Waals surface area contributed by atoms with Gasteiger partial charge in [-0.15, -0.1) is 23.7 Å². The molecule has 0 fully saturated rings. The van der Waals surface area contributed by atoms with Crippen LogP contribution in [0.25, 0.3) is 16.1 Å². The summed E-state index contributed by atoms with van der Waals surface area (Å²) in [6.07, 6.45) is 5.20. The molecule has 2 N–H and O–H groups in total. The predicted octanol–water partition coefficient (Wildman–Crippen LogP) is 2.72. The highest BCUT2D eigenvalue weighted by atomic mass is 35.5. The van der Waals surface area contributed by atoms with Gasteiger partial charge in [-0.25, -0.2) is 9.78 Å². The minimum absolute atomic E-state index is 0. The van der Waals surface area contributed by atoms with Crippen LogP contribution in [-0.4, -0.2) is 25.6 Å². The molecule has 3 heterocycles.